The van der Waals surface area contributed by atoms with Gasteiger partial charge in [-0.1, -0.05) is 42.5 Å². The number of aromatic nitrogens is 1. The van der Waals surface area contributed by atoms with Crippen LogP contribution in [-0.4, -0.2) is 18.9 Å². The molecule has 0 spiro atoms. The van der Waals surface area contributed by atoms with Crippen molar-refractivity contribution in [2.45, 2.75) is 18.0 Å². The summed E-state index contributed by atoms with van der Waals surface area (Å²) in [5, 5.41) is 1.89. The molecule has 2 aromatic heterocycles. The molecule has 0 aliphatic carbocycles. The highest BCUT2D eigenvalue weighted by molar-refractivity contribution is 7.89. The van der Waals surface area contributed by atoms with Crippen molar-refractivity contribution in [1.82, 2.24) is 9.29 Å². The zero-order valence-electron chi connectivity index (χ0n) is 17.1. The molecule has 8 heteroatoms. The number of carbonyl (C=O) groups is 1. The normalized spacial score (nSPS) is 12.1. The van der Waals surface area contributed by atoms with Crippen LogP contribution >= 0.6 is 11.3 Å². The molecule has 4 aromatic rings. The van der Waals surface area contributed by atoms with E-state index in [1.165, 1.54) is 35.6 Å². The summed E-state index contributed by atoms with van der Waals surface area (Å²) in [6, 6.07) is 24.9. The number of hydrogen-bond donors (Lipinski definition) is 1. The molecule has 0 saturated carbocycles. The van der Waals surface area contributed by atoms with Gasteiger partial charge in [-0.3, -0.25) is 4.79 Å². The van der Waals surface area contributed by atoms with Crippen LogP contribution < -0.4 is 10.2 Å². The van der Waals surface area contributed by atoms with Gasteiger partial charge < -0.3 is 4.57 Å². The third kappa shape index (κ3) is 5.47. The Balaban J connectivity index is 1.51. The minimum Gasteiger partial charge on any atom is -0.328 e. The molecule has 2 heterocycles. The van der Waals surface area contributed by atoms with Gasteiger partial charge in [-0.2, -0.15) is 4.99 Å². The summed E-state index contributed by atoms with van der Waals surface area (Å²) < 4.78 is 29.5. The lowest BCUT2D eigenvalue weighted by Crippen LogP contribution is -2.23. The Hall–Kier alpha value is -3.33. The zero-order valence-corrected chi connectivity index (χ0v) is 18.7. The first-order valence-electron chi connectivity index (χ1n) is 9.92. The summed E-state index contributed by atoms with van der Waals surface area (Å²) in [5.74, 6) is -0.437. The van der Waals surface area contributed by atoms with E-state index in [2.05, 4.69) is 9.71 Å². The number of sulfonamides is 1. The Morgan fingerprint density at radius 1 is 0.906 bits per heavy atom. The molecular formula is C24H21N3O3S2. The van der Waals surface area contributed by atoms with Crippen molar-refractivity contribution < 1.29 is 13.2 Å². The predicted molar refractivity (Wildman–Crippen MR) is 125 cm³/mol. The Kier molecular flexibility index (Phi) is 6.75. The maximum absolute atomic E-state index is 12.7. The highest BCUT2D eigenvalue weighted by Crippen LogP contribution is 2.14. The molecule has 0 aliphatic heterocycles. The standard InChI is InChI=1S/C24H21N3O3S2/c28-24(26-23-10-4-5-15-27(23)18-19-7-2-1-3-8-19)20-11-13-22(14-12-20)32(29,30)25-17-21-9-6-16-31-21/h1-16,25H,17-18H2. The van der Waals surface area contributed by atoms with Crippen LogP contribution in [0.2, 0.25) is 0 Å². The van der Waals surface area contributed by atoms with E-state index in [0.29, 0.717) is 17.6 Å². The average molecular weight is 464 g/mol. The maximum Gasteiger partial charge on any atom is 0.278 e. The monoisotopic (exact) mass is 463 g/mol. The van der Waals surface area contributed by atoms with Crippen LogP contribution in [0.25, 0.3) is 0 Å². The summed E-state index contributed by atoms with van der Waals surface area (Å²) >= 11 is 1.48. The van der Waals surface area contributed by atoms with E-state index < -0.39 is 15.9 Å². The van der Waals surface area contributed by atoms with Crippen molar-refractivity contribution >= 4 is 27.3 Å². The number of nitrogens with one attached hydrogen (secondary N) is 1. The second-order valence-electron chi connectivity index (χ2n) is 7.02. The average Bonchev–Trinajstić information content (AvgIpc) is 3.34. The second-order valence-corrected chi connectivity index (χ2v) is 9.82. The first-order chi connectivity index (χ1) is 15.5. The quantitative estimate of drug-likeness (QED) is 0.453. The van der Waals surface area contributed by atoms with Crippen LogP contribution in [0.3, 0.4) is 0 Å². The largest absolute Gasteiger partial charge is 0.328 e. The van der Waals surface area contributed by atoms with E-state index in [1.807, 2.05) is 70.7 Å². The third-order valence-electron chi connectivity index (χ3n) is 4.76. The number of nitrogens with zero attached hydrogens (tertiary/aromatic N) is 2. The second kappa shape index (κ2) is 9.86. The van der Waals surface area contributed by atoms with E-state index in [-0.39, 0.29) is 11.4 Å². The first kappa shape index (κ1) is 21.9. The van der Waals surface area contributed by atoms with E-state index in [0.717, 1.165) is 10.4 Å². The lowest BCUT2D eigenvalue weighted by Gasteiger charge is -2.08. The number of pyridine rings is 1. The number of thiophene rings is 1. The number of rotatable bonds is 7. The SMILES string of the molecule is O=C(N=c1ccccn1Cc1ccccc1)c1ccc(S(=O)(=O)NCc2cccs2)cc1. The maximum atomic E-state index is 12.7. The highest BCUT2D eigenvalue weighted by Gasteiger charge is 2.15. The summed E-state index contributed by atoms with van der Waals surface area (Å²) in [4.78, 5) is 18.0. The fourth-order valence-electron chi connectivity index (χ4n) is 3.09. The van der Waals surface area contributed by atoms with Gasteiger partial charge in [0.1, 0.15) is 5.49 Å². The van der Waals surface area contributed by atoms with Crippen LogP contribution in [0.4, 0.5) is 0 Å². The van der Waals surface area contributed by atoms with E-state index >= 15 is 0 Å². The topological polar surface area (TPSA) is 80.5 Å². The van der Waals surface area contributed by atoms with Gasteiger partial charge in [0.15, 0.2) is 0 Å². The van der Waals surface area contributed by atoms with Crippen molar-refractivity contribution in [2.75, 3.05) is 0 Å². The van der Waals surface area contributed by atoms with Crippen LogP contribution in [-0.2, 0) is 23.1 Å². The van der Waals surface area contributed by atoms with Gasteiger partial charge in [0.05, 0.1) is 4.90 Å². The van der Waals surface area contributed by atoms with Gasteiger partial charge in [-0.05, 0) is 53.4 Å². The van der Waals surface area contributed by atoms with Gasteiger partial charge in [0.25, 0.3) is 5.91 Å². The van der Waals surface area contributed by atoms with Crippen LogP contribution in [0.5, 0.6) is 0 Å². The van der Waals surface area contributed by atoms with Crippen LogP contribution in [0.15, 0.2) is 106 Å². The van der Waals surface area contributed by atoms with Gasteiger partial charge in [0, 0.05) is 29.7 Å². The third-order valence-corrected chi connectivity index (χ3v) is 7.05. The molecule has 0 radical (unpaired) electrons. The molecule has 0 bridgehead atoms. The molecular weight excluding hydrogens is 442 g/mol. The Morgan fingerprint density at radius 2 is 1.66 bits per heavy atom. The fourth-order valence-corrected chi connectivity index (χ4v) is 4.83. The first-order valence-corrected chi connectivity index (χ1v) is 12.3. The lowest BCUT2D eigenvalue weighted by molar-refractivity contribution is 0.0997. The molecule has 162 valence electrons. The predicted octanol–water partition coefficient (Wildman–Crippen LogP) is 3.82. The molecule has 2 aromatic carbocycles. The zero-order chi connectivity index (χ0) is 22.4. The molecule has 4 rings (SSSR count). The molecule has 6 nitrogen and oxygen atoms in total. The summed E-state index contributed by atoms with van der Waals surface area (Å²) in [6.07, 6.45) is 1.87. The van der Waals surface area contributed by atoms with Gasteiger partial charge >= 0.3 is 0 Å². The highest BCUT2D eigenvalue weighted by atomic mass is 32.2. The van der Waals surface area contributed by atoms with Gasteiger partial charge in [0.2, 0.25) is 10.0 Å². The number of carbonyl (C=O) groups excluding carboxylic acids is 1. The molecule has 1 N–H and O–H groups in total. The van der Waals surface area contributed by atoms with Gasteiger partial charge in [-0.25, -0.2) is 13.1 Å². The van der Waals surface area contributed by atoms with Gasteiger partial charge in [-0.15, -0.1) is 11.3 Å². The van der Waals surface area contributed by atoms with Crippen molar-refractivity contribution in [3.8, 4) is 0 Å². The number of benzene rings is 2. The molecule has 0 fully saturated rings. The molecule has 0 saturated heterocycles. The fraction of sp³-hybridized carbons (Fsp3) is 0.0833. The van der Waals surface area contributed by atoms with Crippen molar-refractivity contribution in [2.24, 2.45) is 4.99 Å². The van der Waals surface area contributed by atoms with E-state index in [9.17, 15) is 13.2 Å². The van der Waals surface area contributed by atoms with Crippen molar-refractivity contribution in [3.05, 3.63) is 118 Å². The molecule has 1 amide bonds. The van der Waals surface area contributed by atoms with E-state index in [1.54, 1.807) is 6.07 Å². The minimum atomic E-state index is -3.67. The van der Waals surface area contributed by atoms with Crippen molar-refractivity contribution in [1.29, 1.82) is 0 Å². The Morgan fingerprint density at radius 3 is 2.38 bits per heavy atom. The number of amides is 1. The Labute approximate surface area is 190 Å². The van der Waals surface area contributed by atoms with Crippen LogP contribution in [0, 0.1) is 0 Å². The van der Waals surface area contributed by atoms with E-state index in [4.69, 9.17) is 0 Å². The molecule has 0 atom stereocenters. The summed E-state index contributed by atoms with van der Waals surface area (Å²) in [5.41, 5.74) is 1.94. The van der Waals surface area contributed by atoms with Crippen molar-refractivity contribution in [3.63, 3.8) is 0 Å². The summed E-state index contributed by atoms with van der Waals surface area (Å²) in [7, 11) is -3.67. The lowest BCUT2D eigenvalue weighted by atomic mass is 10.2. The minimum absolute atomic E-state index is 0.101. The molecule has 0 unspecified atom stereocenters. The summed E-state index contributed by atoms with van der Waals surface area (Å²) in [6.45, 7) is 0.812. The van der Waals surface area contributed by atoms with Crippen LogP contribution in [0.1, 0.15) is 20.8 Å². The molecule has 32 heavy (non-hydrogen) atoms. The molecule has 0 aliphatic rings. The smallest absolute Gasteiger partial charge is 0.278 e. The Bertz CT molecular complexity index is 1360. The number of hydrogen-bond acceptors (Lipinski definition) is 4.